The normalized spacial score (nSPS) is 20.2. The maximum absolute atomic E-state index is 10.4. The highest BCUT2D eigenvalue weighted by Crippen LogP contribution is 2.38. The van der Waals surface area contributed by atoms with Crippen molar-refractivity contribution in [2.24, 2.45) is 5.73 Å². The minimum atomic E-state index is -1.04. The molecule has 3 aromatic rings. The van der Waals surface area contributed by atoms with Crippen LogP contribution in [0.3, 0.4) is 0 Å². The van der Waals surface area contributed by atoms with Gasteiger partial charge in [-0.15, -0.1) is 0 Å². The molecule has 0 amide bonds. The van der Waals surface area contributed by atoms with Gasteiger partial charge in [-0.25, -0.2) is 4.98 Å². The number of aromatic nitrogens is 2. The van der Waals surface area contributed by atoms with Crippen molar-refractivity contribution < 1.29 is 15.3 Å². The molecule has 1 aliphatic rings. The largest absolute Gasteiger partial charge is 0.394 e. The molecule has 4 rings (SSSR count). The number of pyridine rings is 1. The fourth-order valence-corrected chi connectivity index (χ4v) is 3.26. The fraction of sp³-hybridized carbons (Fsp3) is 0.211. The number of rotatable bonds is 4. The van der Waals surface area contributed by atoms with E-state index in [4.69, 9.17) is 10.8 Å². The zero-order chi connectivity index (χ0) is 18.3. The molecular weight excluding hydrogens is 332 g/mol. The standard InChI is InChI=1S/C19H20N4O3/c20-17(16(25)9-24)10-3-4-15-13(6-10)14(19(26)23-15)7-11-8-22-18-12(11)2-1-5-21-18/h1-8,16-17,19,23-26H,9,20H2,(H,21,22). The number of nitrogens with one attached hydrogen (secondary N) is 2. The Morgan fingerprint density at radius 2 is 2.15 bits per heavy atom. The van der Waals surface area contributed by atoms with E-state index >= 15 is 0 Å². The van der Waals surface area contributed by atoms with Crippen LogP contribution in [0.15, 0.2) is 42.7 Å². The average molecular weight is 352 g/mol. The molecule has 3 atom stereocenters. The van der Waals surface area contributed by atoms with Gasteiger partial charge in [0.25, 0.3) is 0 Å². The highest BCUT2D eigenvalue weighted by Gasteiger charge is 2.26. The Bertz CT molecular complexity index is 982. The van der Waals surface area contributed by atoms with Crippen LogP contribution in [0.1, 0.15) is 22.7 Å². The van der Waals surface area contributed by atoms with Crippen LogP contribution in [-0.2, 0) is 0 Å². The molecule has 3 unspecified atom stereocenters. The number of benzene rings is 1. The molecule has 7 heteroatoms. The van der Waals surface area contributed by atoms with E-state index in [2.05, 4.69) is 15.3 Å². The lowest BCUT2D eigenvalue weighted by atomic mass is 9.96. The van der Waals surface area contributed by atoms with E-state index in [0.29, 0.717) is 11.1 Å². The van der Waals surface area contributed by atoms with Crippen molar-refractivity contribution >= 4 is 28.4 Å². The molecule has 0 spiro atoms. The number of nitrogens with two attached hydrogens (primary N) is 1. The first-order chi connectivity index (χ1) is 12.6. The number of aliphatic hydroxyl groups is 3. The molecule has 7 N–H and O–H groups in total. The Labute approximate surface area is 149 Å². The van der Waals surface area contributed by atoms with Crippen LogP contribution in [0.5, 0.6) is 0 Å². The van der Waals surface area contributed by atoms with Crippen molar-refractivity contribution in [3.05, 3.63) is 59.4 Å². The maximum Gasteiger partial charge on any atom is 0.151 e. The van der Waals surface area contributed by atoms with Crippen LogP contribution in [0.4, 0.5) is 5.69 Å². The molecule has 0 bridgehead atoms. The maximum atomic E-state index is 10.4. The first kappa shape index (κ1) is 16.7. The summed E-state index contributed by atoms with van der Waals surface area (Å²) >= 11 is 0. The van der Waals surface area contributed by atoms with E-state index in [9.17, 15) is 10.2 Å². The molecule has 0 saturated carbocycles. The topological polar surface area (TPSA) is 127 Å². The van der Waals surface area contributed by atoms with Crippen molar-refractivity contribution in [2.45, 2.75) is 18.4 Å². The summed E-state index contributed by atoms with van der Waals surface area (Å²) in [5.74, 6) is 0. The SMILES string of the molecule is NC(c1ccc2c(c1)C(=Cc1c[nH]c3ncccc13)C(O)N2)C(O)CO. The zero-order valence-corrected chi connectivity index (χ0v) is 13.9. The summed E-state index contributed by atoms with van der Waals surface area (Å²) < 4.78 is 0. The summed E-state index contributed by atoms with van der Waals surface area (Å²) in [6.07, 6.45) is 3.58. The smallest absolute Gasteiger partial charge is 0.151 e. The summed E-state index contributed by atoms with van der Waals surface area (Å²) in [5, 5.41) is 33.4. The van der Waals surface area contributed by atoms with Crippen LogP contribution in [0.2, 0.25) is 0 Å². The third-order valence-electron chi connectivity index (χ3n) is 4.72. The molecule has 0 aliphatic carbocycles. The van der Waals surface area contributed by atoms with E-state index in [-0.39, 0.29) is 0 Å². The number of aromatic amines is 1. The average Bonchev–Trinajstić information content (AvgIpc) is 3.21. The van der Waals surface area contributed by atoms with Crippen LogP contribution in [-0.4, -0.2) is 44.2 Å². The fourth-order valence-electron chi connectivity index (χ4n) is 3.26. The number of fused-ring (bicyclic) bond motifs is 2. The van der Waals surface area contributed by atoms with Crippen molar-refractivity contribution in [3.8, 4) is 0 Å². The van der Waals surface area contributed by atoms with Crippen molar-refractivity contribution in [3.63, 3.8) is 0 Å². The number of H-pyrrole nitrogens is 1. The predicted octanol–water partition coefficient (Wildman–Crippen LogP) is 1.20. The number of anilines is 1. The monoisotopic (exact) mass is 352 g/mol. The van der Waals surface area contributed by atoms with Crippen molar-refractivity contribution in [1.82, 2.24) is 9.97 Å². The molecule has 0 saturated heterocycles. The lowest BCUT2D eigenvalue weighted by Crippen LogP contribution is -2.29. The zero-order valence-electron chi connectivity index (χ0n) is 13.9. The summed E-state index contributed by atoms with van der Waals surface area (Å²) in [5.41, 5.74) is 10.7. The van der Waals surface area contributed by atoms with Gasteiger partial charge in [0.15, 0.2) is 6.23 Å². The van der Waals surface area contributed by atoms with E-state index in [1.54, 1.807) is 12.3 Å². The predicted molar refractivity (Wildman–Crippen MR) is 100 cm³/mol. The molecule has 1 aliphatic heterocycles. The molecule has 3 heterocycles. The third-order valence-corrected chi connectivity index (χ3v) is 4.72. The first-order valence-electron chi connectivity index (χ1n) is 8.35. The quantitative estimate of drug-likeness (QED) is 0.419. The second-order valence-corrected chi connectivity index (χ2v) is 6.37. The highest BCUT2D eigenvalue weighted by molar-refractivity contribution is 5.98. The van der Waals surface area contributed by atoms with Crippen molar-refractivity contribution in [1.29, 1.82) is 0 Å². The van der Waals surface area contributed by atoms with Gasteiger partial charge in [-0.05, 0) is 35.9 Å². The Hall–Kier alpha value is -2.71. The molecule has 0 fully saturated rings. The summed E-state index contributed by atoms with van der Waals surface area (Å²) in [7, 11) is 0. The molecule has 1 aromatic carbocycles. The van der Waals surface area contributed by atoms with Crippen LogP contribution in [0.25, 0.3) is 22.7 Å². The second-order valence-electron chi connectivity index (χ2n) is 6.37. The summed E-state index contributed by atoms with van der Waals surface area (Å²) in [6, 6.07) is 8.55. The Morgan fingerprint density at radius 3 is 2.96 bits per heavy atom. The van der Waals surface area contributed by atoms with Crippen LogP contribution in [0, 0.1) is 0 Å². The van der Waals surface area contributed by atoms with Gasteiger partial charge < -0.3 is 31.4 Å². The van der Waals surface area contributed by atoms with E-state index in [1.807, 2.05) is 36.5 Å². The first-order valence-corrected chi connectivity index (χ1v) is 8.35. The molecule has 26 heavy (non-hydrogen) atoms. The molecule has 2 aromatic heterocycles. The molecule has 134 valence electrons. The Kier molecular flexibility index (Phi) is 4.21. The third kappa shape index (κ3) is 2.77. The lowest BCUT2D eigenvalue weighted by molar-refractivity contribution is 0.0741. The highest BCUT2D eigenvalue weighted by atomic mass is 16.3. The van der Waals surface area contributed by atoms with Gasteiger partial charge in [-0.2, -0.15) is 0 Å². The molecule has 0 radical (unpaired) electrons. The summed E-state index contributed by atoms with van der Waals surface area (Å²) in [6.45, 7) is -0.413. The number of nitrogens with zero attached hydrogens (tertiary/aromatic N) is 1. The molecular formula is C19H20N4O3. The summed E-state index contributed by atoms with van der Waals surface area (Å²) in [4.78, 5) is 7.39. The van der Waals surface area contributed by atoms with Gasteiger partial charge in [-0.3, -0.25) is 0 Å². The molecule has 7 nitrogen and oxygen atoms in total. The van der Waals surface area contributed by atoms with Gasteiger partial charge in [-0.1, -0.05) is 6.07 Å². The number of hydrogen-bond donors (Lipinski definition) is 6. The number of hydrogen-bond acceptors (Lipinski definition) is 6. The van der Waals surface area contributed by atoms with E-state index < -0.39 is 25.0 Å². The van der Waals surface area contributed by atoms with Gasteiger partial charge in [0, 0.05) is 40.2 Å². The van der Waals surface area contributed by atoms with Crippen LogP contribution < -0.4 is 11.1 Å². The lowest BCUT2D eigenvalue weighted by Gasteiger charge is -2.17. The Balaban J connectivity index is 1.78. The van der Waals surface area contributed by atoms with Crippen LogP contribution >= 0.6 is 0 Å². The number of aliphatic hydroxyl groups excluding tert-OH is 3. The van der Waals surface area contributed by atoms with Gasteiger partial charge in [0.05, 0.1) is 18.8 Å². The second kappa shape index (κ2) is 6.54. The van der Waals surface area contributed by atoms with Gasteiger partial charge in [0.2, 0.25) is 0 Å². The minimum absolute atomic E-state index is 0.413. The van der Waals surface area contributed by atoms with Gasteiger partial charge in [0.1, 0.15) is 5.65 Å². The Morgan fingerprint density at radius 1 is 1.31 bits per heavy atom. The van der Waals surface area contributed by atoms with Gasteiger partial charge >= 0.3 is 0 Å². The van der Waals surface area contributed by atoms with Crippen molar-refractivity contribution in [2.75, 3.05) is 11.9 Å². The van der Waals surface area contributed by atoms with E-state index in [0.717, 1.165) is 27.8 Å². The van der Waals surface area contributed by atoms with E-state index in [1.165, 1.54) is 0 Å². The minimum Gasteiger partial charge on any atom is -0.394 e.